The molecule has 0 spiro atoms. The number of fused-ring (bicyclic) bond motifs is 1. The molecule has 3 aromatic rings. The molecule has 0 atom stereocenters. The first-order chi connectivity index (χ1) is 10.1. The predicted octanol–water partition coefficient (Wildman–Crippen LogP) is 2.35. The van der Waals surface area contributed by atoms with E-state index < -0.39 is 12.2 Å². The van der Waals surface area contributed by atoms with E-state index >= 15 is 0 Å². The summed E-state index contributed by atoms with van der Waals surface area (Å²) in [5, 5.41) is 17.1. The summed E-state index contributed by atoms with van der Waals surface area (Å²) in [6, 6.07) is 4.74. The Kier molecular flexibility index (Phi) is 3.57. The van der Waals surface area contributed by atoms with Gasteiger partial charge < -0.3 is 5.32 Å². The number of halogens is 3. The zero-order valence-electron chi connectivity index (χ0n) is 10.4. The van der Waals surface area contributed by atoms with Crippen molar-refractivity contribution in [1.29, 1.82) is 0 Å². The van der Waals surface area contributed by atoms with Gasteiger partial charge in [-0.25, -0.2) is 18.7 Å². The molecule has 2 aromatic heterocycles. The van der Waals surface area contributed by atoms with Gasteiger partial charge in [-0.05, 0) is 18.2 Å². The lowest BCUT2D eigenvalue weighted by Crippen LogP contribution is -2.07. The van der Waals surface area contributed by atoms with Crippen molar-refractivity contribution in [2.45, 2.75) is 13.0 Å². The second kappa shape index (κ2) is 5.52. The Bertz CT molecular complexity index is 763. The lowest BCUT2D eigenvalue weighted by molar-refractivity contribution is 0.141. The molecule has 0 saturated carbocycles. The highest BCUT2D eigenvalue weighted by molar-refractivity contribution is 6.31. The van der Waals surface area contributed by atoms with Crippen LogP contribution in [0.15, 0.2) is 18.2 Å². The number of alkyl halides is 2. The van der Waals surface area contributed by atoms with Crippen LogP contribution >= 0.6 is 11.6 Å². The van der Waals surface area contributed by atoms with Crippen LogP contribution in [0, 0.1) is 0 Å². The number of tetrazole rings is 1. The zero-order chi connectivity index (χ0) is 14.8. The normalized spacial score (nSPS) is 11.2. The third-order valence-corrected chi connectivity index (χ3v) is 2.91. The summed E-state index contributed by atoms with van der Waals surface area (Å²) in [7, 11) is 0. The average Bonchev–Trinajstić information content (AvgIpc) is 2.97. The highest BCUT2D eigenvalue weighted by atomic mass is 35.5. The summed E-state index contributed by atoms with van der Waals surface area (Å²) in [6.07, 6.45) is -2.77. The summed E-state index contributed by atoms with van der Waals surface area (Å²) in [6.45, 7) is 0.178. The fourth-order valence-corrected chi connectivity index (χ4v) is 1.94. The highest BCUT2D eigenvalue weighted by Crippen LogP contribution is 2.27. The van der Waals surface area contributed by atoms with Gasteiger partial charge in [-0.15, -0.1) is 10.2 Å². The summed E-state index contributed by atoms with van der Waals surface area (Å²) in [5.41, 5.74) is 0.375. The van der Waals surface area contributed by atoms with Crippen molar-refractivity contribution in [2.75, 3.05) is 5.32 Å². The number of hydrogen-bond donors (Lipinski definition) is 2. The van der Waals surface area contributed by atoms with E-state index in [2.05, 4.69) is 35.9 Å². The second-order valence-electron chi connectivity index (χ2n) is 4.07. The molecule has 21 heavy (non-hydrogen) atoms. The molecule has 0 unspecified atom stereocenters. The molecule has 0 fully saturated rings. The maximum atomic E-state index is 12.8. The number of nitrogens with zero attached hydrogens (tertiary/aromatic N) is 5. The molecule has 0 aliphatic rings. The van der Waals surface area contributed by atoms with Gasteiger partial charge in [0.05, 0.1) is 12.1 Å². The Morgan fingerprint density at radius 1 is 1.29 bits per heavy atom. The maximum absolute atomic E-state index is 12.8. The molecule has 2 heterocycles. The van der Waals surface area contributed by atoms with Gasteiger partial charge in [0.15, 0.2) is 11.6 Å². The summed E-state index contributed by atoms with van der Waals surface area (Å²) in [4.78, 5) is 7.64. The second-order valence-corrected chi connectivity index (χ2v) is 4.51. The van der Waals surface area contributed by atoms with Crippen LogP contribution in [0.3, 0.4) is 0 Å². The summed E-state index contributed by atoms with van der Waals surface area (Å²) < 4.78 is 25.7. The minimum Gasteiger partial charge on any atom is -0.362 e. The number of hydrogen-bond acceptors (Lipinski definition) is 6. The van der Waals surface area contributed by atoms with E-state index in [1.54, 1.807) is 18.2 Å². The van der Waals surface area contributed by atoms with Crippen LogP contribution in [0.5, 0.6) is 0 Å². The van der Waals surface area contributed by atoms with Crippen LogP contribution in [-0.2, 0) is 6.54 Å². The molecule has 108 valence electrons. The molecule has 0 bridgehead atoms. The SMILES string of the molecule is FC(F)c1nc(NCc2nn[nH]n2)c2cc(Cl)ccc2n1. The van der Waals surface area contributed by atoms with Crippen LogP contribution in [0.4, 0.5) is 14.6 Å². The van der Waals surface area contributed by atoms with Gasteiger partial charge in [0.2, 0.25) is 0 Å². The third kappa shape index (κ3) is 2.87. The van der Waals surface area contributed by atoms with Gasteiger partial charge >= 0.3 is 0 Å². The summed E-state index contributed by atoms with van der Waals surface area (Å²) in [5.74, 6) is 0.0606. The maximum Gasteiger partial charge on any atom is 0.297 e. The fourth-order valence-electron chi connectivity index (χ4n) is 1.77. The van der Waals surface area contributed by atoms with Gasteiger partial charge in [-0.3, -0.25) is 0 Å². The molecule has 10 heteroatoms. The topological polar surface area (TPSA) is 92.3 Å². The van der Waals surface area contributed by atoms with E-state index in [1.165, 1.54) is 0 Å². The lowest BCUT2D eigenvalue weighted by atomic mass is 10.2. The third-order valence-electron chi connectivity index (χ3n) is 2.67. The van der Waals surface area contributed by atoms with Crippen molar-refractivity contribution < 1.29 is 8.78 Å². The van der Waals surface area contributed by atoms with Gasteiger partial charge in [0.1, 0.15) is 5.82 Å². The first-order valence-electron chi connectivity index (χ1n) is 5.85. The molecule has 2 N–H and O–H groups in total. The van der Waals surface area contributed by atoms with E-state index in [1.807, 2.05) is 0 Å². The highest BCUT2D eigenvalue weighted by Gasteiger charge is 2.15. The molecule has 0 aliphatic heterocycles. The van der Waals surface area contributed by atoms with E-state index in [0.29, 0.717) is 21.7 Å². The standard InChI is InChI=1S/C11H8ClF2N7/c12-5-1-2-7-6(3-5)10(17-11(16-7)9(13)14)15-4-8-18-20-21-19-8/h1-3,9H,4H2,(H,15,16,17)(H,18,19,20,21). The predicted molar refractivity (Wildman–Crippen MR) is 71.0 cm³/mol. The van der Waals surface area contributed by atoms with Crippen LogP contribution in [0.2, 0.25) is 5.02 Å². The van der Waals surface area contributed by atoms with Crippen LogP contribution in [0.1, 0.15) is 18.1 Å². The number of benzene rings is 1. The molecule has 3 rings (SSSR count). The van der Waals surface area contributed by atoms with Gasteiger partial charge in [0.25, 0.3) is 6.43 Å². The molecule has 0 aliphatic carbocycles. The van der Waals surface area contributed by atoms with Gasteiger partial charge in [-0.1, -0.05) is 16.8 Å². The zero-order valence-corrected chi connectivity index (χ0v) is 11.1. The Balaban J connectivity index is 2.02. The number of aromatic amines is 1. The van der Waals surface area contributed by atoms with Crippen LogP contribution in [0.25, 0.3) is 10.9 Å². The number of anilines is 1. The number of nitrogens with one attached hydrogen (secondary N) is 2. The quantitative estimate of drug-likeness (QED) is 0.768. The van der Waals surface area contributed by atoms with Crippen molar-refractivity contribution in [3.8, 4) is 0 Å². The number of aromatic nitrogens is 6. The number of rotatable bonds is 4. The van der Waals surface area contributed by atoms with Crippen molar-refractivity contribution in [3.05, 3.63) is 34.9 Å². The van der Waals surface area contributed by atoms with Gasteiger partial charge in [0, 0.05) is 10.4 Å². The van der Waals surface area contributed by atoms with E-state index in [-0.39, 0.29) is 12.4 Å². The largest absolute Gasteiger partial charge is 0.362 e. The Hall–Kier alpha value is -2.42. The van der Waals surface area contributed by atoms with Gasteiger partial charge in [-0.2, -0.15) is 5.21 Å². The average molecular weight is 312 g/mol. The molecular weight excluding hydrogens is 304 g/mol. The van der Waals surface area contributed by atoms with Crippen LogP contribution in [-0.4, -0.2) is 30.6 Å². The first-order valence-corrected chi connectivity index (χ1v) is 6.23. The summed E-state index contributed by atoms with van der Waals surface area (Å²) >= 11 is 5.92. The van der Waals surface area contributed by atoms with Crippen LogP contribution < -0.4 is 5.32 Å². The van der Waals surface area contributed by atoms with Crippen molar-refractivity contribution in [2.24, 2.45) is 0 Å². The van der Waals surface area contributed by atoms with Crippen molar-refractivity contribution >= 4 is 28.3 Å². The lowest BCUT2D eigenvalue weighted by Gasteiger charge is -2.09. The monoisotopic (exact) mass is 311 g/mol. The van der Waals surface area contributed by atoms with E-state index in [0.717, 1.165) is 0 Å². The molecule has 0 radical (unpaired) electrons. The Labute approximate surface area is 121 Å². The first kappa shape index (κ1) is 13.6. The Morgan fingerprint density at radius 2 is 2.14 bits per heavy atom. The molecule has 0 saturated heterocycles. The minimum absolute atomic E-state index is 0.178. The number of H-pyrrole nitrogens is 1. The fraction of sp³-hybridized carbons (Fsp3) is 0.182. The van der Waals surface area contributed by atoms with Crippen molar-refractivity contribution in [1.82, 2.24) is 30.6 Å². The molecule has 0 amide bonds. The van der Waals surface area contributed by atoms with Crippen molar-refractivity contribution in [3.63, 3.8) is 0 Å². The molecule has 7 nitrogen and oxygen atoms in total. The van der Waals surface area contributed by atoms with E-state index in [9.17, 15) is 8.78 Å². The minimum atomic E-state index is -2.77. The molecule has 1 aromatic carbocycles. The Morgan fingerprint density at radius 3 is 2.86 bits per heavy atom. The smallest absolute Gasteiger partial charge is 0.297 e. The molecular formula is C11H8ClF2N7. The van der Waals surface area contributed by atoms with E-state index in [4.69, 9.17) is 11.6 Å².